The summed E-state index contributed by atoms with van der Waals surface area (Å²) in [6.45, 7) is 1.77. The molecule has 0 unspecified atom stereocenters. The normalized spacial score (nSPS) is 10.7. The number of hydrogen-bond acceptors (Lipinski definition) is 4. The van der Waals surface area contributed by atoms with Gasteiger partial charge < -0.3 is 5.32 Å². The Labute approximate surface area is 154 Å². The number of benzene rings is 1. The number of anilines is 1. The molecule has 0 radical (unpaired) electrons. The number of aromatic nitrogens is 2. The number of rotatable bonds is 6. The van der Waals surface area contributed by atoms with E-state index in [4.69, 9.17) is 0 Å². The number of nitrogens with one attached hydrogen (secondary N) is 1. The number of carbonyl (C=O) groups is 2. The summed E-state index contributed by atoms with van der Waals surface area (Å²) in [5.74, 6) is -0.414. The molecule has 3 rings (SSSR count). The molecule has 0 saturated carbocycles. The van der Waals surface area contributed by atoms with Crippen LogP contribution in [0.3, 0.4) is 0 Å². The molecule has 7 heteroatoms. The van der Waals surface area contributed by atoms with E-state index in [1.54, 1.807) is 30.8 Å². The minimum Gasteiger partial charge on any atom is -0.320 e. The fraction of sp³-hybridized carbons (Fsp3) is 0.211. The molecule has 0 aliphatic heterocycles. The molecule has 1 amide bonds. The van der Waals surface area contributed by atoms with E-state index in [0.717, 1.165) is 5.69 Å². The molecule has 0 aliphatic carbocycles. The van der Waals surface area contributed by atoms with Crippen molar-refractivity contribution in [3.8, 4) is 5.69 Å². The predicted molar refractivity (Wildman–Crippen MR) is 102 cm³/mol. The predicted octanol–water partition coefficient (Wildman–Crippen LogP) is 3.15. The molecule has 1 aromatic carbocycles. The van der Waals surface area contributed by atoms with Crippen molar-refractivity contribution in [2.45, 2.75) is 19.8 Å². The Bertz CT molecular complexity index is 985. The van der Waals surface area contributed by atoms with E-state index in [1.807, 2.05) is 35.7 Å². The molecule has 1 N–H and O–H groups in total. The van der Waals surface area contributed by atoms with Gasteiger partial charge in [-0.3, -0.25) is 19.1 Å². The third-order valence-electron chi connectivity index (χ3n) is 4.19. The average molecular weight is 369 g/mol. The van der Waals surface area contributed by atoms with Crippen LogP contribution in [-0.4, -0.2) is 21.1 Å². The number of ketones is 1. The summed E-state index contributed by atoms with van der Waals surface area (Å²) in [5, 5.41) is 4.49. The number of nitrogens with zero attached hydrogens (tertiary/aromatic N) is 2. The fourth-order valence-electron chi connectivity index (χ4n) is 2.70. The van der Waals surface area contributed by atoms with Crippen molar-refractivity contribution in [3.05, 3.63) is 68.8 Å². The van der Waals surface area contributed by atoms with Gasteiger partial charge in [-0.2, -0.15) is 0 Å². The highest BCUT2D eigenvalue weighted by Gasteiger charge is 2.18. The molecule has 2 heterocycles. The Morgan fingerprint density at radius 2 is 1.81 bits per heavy atom. The molecule has 3 aromatic rings. The van der Waals surface area contributed by atoms with Gasteiger partial charge in [-0.05, 0) is 30.5 Å². The molecular formula is C19H19N3O3S. The van der Waals surface area contributed by atoms with Gasteiger partial charge in [0, 0.05) is 19.9 Å². The number of amides is 1. The topological polar surface area (TPSA) is 73.1 Å². The Kier molecular flexibility index (Phi) is 5.18. The van der Waals surface area contributed by atoms with Gasteiger partial charge in [0.05, 0.1) is 16.3 Å². The highest BCUT2D eigenvalue weighted by atomic mass is 32.1. The molecule has 134 valence electrons. The van der Waals surface area contributed by atoms with Crippen LogP contribution in [0.15, 0.2) is 52.6 Å². The number of Topliss-reactive ketones (excluding diaryl/α,β-unsaturated/α-hetero) is 1. The lowest BCUT2D eigenvalue weighted by Gasteiger charge is -2.07. The van der Waals surface area contributed by atoms with Crippen molar-refractivity contribution in [2.24, 2.45) is 7.05 Å². The second-order valence-electron chi connectivity index (χ2n) is 5.89. The van der Waals surface area contributed by atoms with Crippen molar-refractivity contribution in [1.29, 1.82) is 0 Å². The zero-order chi connectivity index (χ0) is 18.7. The number of para-hydroxylation sites is 1. The summed E-state index contributed by atoms with van der Waals surface area (Å²) >= 11 is 1.36. The maximum absolute atomic E-state index is 12.7. The minimum atomic E-state index is -0.346. The first-order valence-corrected chi connectivity index (χ1v) is 9.07. The molecule has 0 aliphatic rings. The maximum atomic E-state index is 12.7. The maximum Gasteiger partial charge on any atom is 0.295 e. The van der Waals surface area contributed by atoms with Crippen molar-refractivity contribution >= 4 is 28.7 Å². The summed E-state index contributed by atoms with van der Waals surface area (Å²) < 4.78 is 3.20. The second-order valence-corrected chi connectivity index (χ2v) is 6.83. The van der Waals surface area contributed by atoms with E-state index < -0.39 is 0 Å². The van der Waals surface area contributed by atoms with Gasteiger partial charge in [-0.15, -0.1) is 11.3 Å². The largest absolute Gasteiger partial charge is 0.320 e. The Balaban J connectivity index is 1.75. The van der Waals surface area contributed by atoms with Gasteiger partial charge >= 0.3 is 0 Å². The van der Waals surface area contributed by atoms with E-state index in [9.17, 15) is 14.4 Å². The van der Waals surface area contributed by atoms with Crippen molar-refractivity contribution in [3.63, 3.8) is 0 Å². The van der Waals surface area contributed by atoms with Crippen LogP contribution in [0.4, 0.5) is 5.69 Å². The van der Waals surface area contributed by atoms with Gasteiger partial charge in [0.15, 0.2) is 5.78 Å². The monoisotopic (exact) mass is 369 g/mol. The minimum absolute atomic E-state index is 0.0375. The zero-order valence-corrected chi connectivity index (χ0v) is 15.4. The molecule has 0 saturated heterocycles. The molecule has 0 fully saturated rings. The molecule has 0 spiro atoms. The molecule has 0 atom stereocenters. The number of carbonyl (C=O) groups excluding carboxylic acids is 2. The third-order valence-corrected chi connectivity index (χ3v) is 5.10. The molecule has 6 nitrogen and oxygen atoms in total. The van der Waals surface area contributed by atoms with Crippen LogP contribution in [0.2, 0.25) is 0 Å². The van der Waals surface area contributed by atoms with Crippen molar-refractivity contribution in [1.82, 2.24) is 9.36 Å². The Morgan fingerprint density at radius 1 is 1.08 bits per heavy atom. The van der Waals surface area contributed by atoms with Crippen molar-refractivity contribution in [2.75, 3.05) is 5.32 Å². The lowest BCUT2D eigenvalue weighted by Crippen LogP contribution is -2.23. The van der Waals surface area contributed by atoms with E-state index >= 15 is 0 Å². The summed E-state index contributed by atoms with van der Waals surface area (Å²) in [6.07, 6.45) is 0.154. The van der Waals surface area contributed by atoms with E-state index in [1.165, 1.54) is 16.0 Å². The van der Waals surface area contributed by atoms with Gasteiger partial charge in [0.25, 0.3) is 5.56 Å². The highest BCUT2D eigenvalue weighted by Crippen LogP contribution is 2.16. The first-order chi connectivity index (χ1) is 12.5. The van der Waals surface area contributed by atoms with Crippen LogP contribution in [0.1, 0.15) is 28.2 Å². The SMILES string of the molecule is Cc1c(NC(=O)CCC(=O)c2cccs2)c(=O)n(-c2ccccc2)n1C. The molecule has 0 bridgehead atoms. The Hall–Kier alpha value is -2.93. The van der Waals surface area contributed by atoms with Crippen LogP contribution in [0.25, 0.3) is 5.69 Å². The summed E-state index contributed by atoms with van der Waals surface area (Å²) in [4.78, 5) is 37.6. The average Bonchev–Trinajstić information content (AvgIpc) is 3.25. The lowest BCUT2D eigenvalue weighted by atomic mass is 10.2. The fourth-order valence-corrected chi connectivity index (χ4v) is 3.40. The van der Waals surface area contributed by atoms with Crippen LogP contribution < -0.4 is 10.9 Å². The summed E-state index contributed by atoms with van der Waals surface area (Å²) in [6, 6.07) is 12.8. The smallest absolute Gasteiger partial charge is 0.295 e. The molecule has 2 aromatic heterocycles. The van der Waals surface area contributed by atoms with Crippen LogP contribution in [-0.2, 0) is 11.8 Å². The summed E-state index contributed by atoms with van der Waals surface area (Å²) in [7, 11) is 1.76. The van der Waals surface area contributed by atoms with E-state index in [0.29, 0.717) is 10.6 Å². The lowest BCUT2D eigenvalue weighted by molar-refractivity contribution is -0.116. The first-order valence-electron chi connectivity index (χ1n) is 8.19. The van der Waals surface area contributed by atoms with Gasteiger partial charge in [-0.25, -0.2) is 4.68 Å². The van der Waals surface area contributed by atoms with Crippen LogP contribution in [0.5, 0.6) is 0 Å². The quantitative estimate of drug-likeness (QED) is 0.679. The number of hydrogen-bond donors (Lipinski definition) is 1. The highest BCUT2D eigenvalue weighted by molar-refractivity contribution is 7.12. The van der Waals surface area contributed by atoms with Crippen LogP contribution in [0, 0.1) is 6.92 Å². The van der Waals surface area contributed by atoms with Crippen LogP contribution >= 0.6 is 11.3 Å². The number of thiophene rings is 1. The molecule has 26 heavy (non-hydrogen) atoms. The van der Waals surface area contributed by atoms with Gasteiger partial charge in [0.1, 0.15) is 5.69 Å². The first kappa shape index (κ1) is 17.9. The summed E-state index contributed by atoms with van der Waals surface area (Å²) in [5.41, 5.74) is 1.31. The van der Waals surface area contributed by atoms with Gasteiger partial charge in [-0.1, -0.05) is 24.3 Å². The Morgan fingerprint density at radius 3 is 2.46 bits per heavy atom. The standard InChI is InChI=1S/C19H19N3O3S/c1-13-18(19(25)22(21(13)2)14-7-4-3-5-8-14)20-17(24)11-10-15(23)16-9-6-12-26-16/h3-9,12H,10-11H2,1-2H3,(H,20,24). The molecular weight excluding hydrogens is 350 g/mol. The second kappa shape index (κ2) is 7.53. The van der Waals surface area contributed by atoms with E-state index in [-0.39, 0.29) is 35.8 Å². The van der Waals surface area contributed by atoms with Crippen molar-refractivity contribution < 1.29 is 9.59 Å². The zero-order valence-electron chi connectivity index (χ0n) is 14.6. The van der Waals surface area contributed by atoms with E-state index in [2.05, 4.69) is 5.32 Å². The van der Waals surface area contributed by atoms with Gasteiger partial charge in [0.2, 0.25) is 5.91 Å². The third kappa shape index (κ3) is 3.52.